The van der Waals surface area contributed by atoms with Crippen LogP contribution in [0.1, 0.15) is 12.5 Å². The molecule has 1 aromatic carbocycles. The lowest BCUT2D eigenvalue weighted by Crippen LogP contribution is -2.31. The molecule has 0 saturated heterocycles. The minimum absolute atomic E-state index is 0.0751. The lowest BCUT2D eigenvalue weighted by atomic mass is 10.2. The number of benzene rings is 1. The number of aryl methyl sites for hydroxylation is 1. The normalized spacial score (nSPS) is 12.5. The van der Waals surface area contributed by atoms with Crippen molar-refractivity contribution in [2.45, 2.75) is 20.0 Å². The van der Waals surface area contributed by atoms with Crippen LogP contribution in [0.5, 0.6) is 5.75 Å². The molecule has 0 radical (unpaired) electrons. The van der Waals surface area contributed by atoms with Gasteiger partial charge in [0.05, 0.1) is 11.6 Å². The van der Waals surface area contributed by atoms with Gasteiger partial charge >= 0.3 is 0 Å². The second-order valence-electron chi connectivity index (χ2n) is 4.06. The number of hydrogen-bond acceptors (Lipinski definition) is 3. The predicted molar refractivity (Wildman–Crippen MR) is 71.0 cm³/mol. The molecular formula is C13H20ClNO2. The van der Waals surface area contributed by atoms with Crippen molar-refractivity contribution in [1.82, 2.24) is 5.32 Å². The number of methoxy groups -OCH3 is 1. The van der Waals surface area contributed by atoms with Crippen LogP contribution in [-0.2, 0) is 4.74 Å². The van der Waals surface area contributed by atoms with Crippen LogP contribution in [0.2, 0.25) is 5.02 Å². The SMILES string of the molecule is COCCNCC(C)Oc1cc(C)ccc1Cl. The molecule has 0 aromatic heterocycles. The van der Waals surface area contributed by atoms with Gasteiger partial charge < -0.3 is 14.8 Å². The molecule has 96 valence electrons. The van der Waals surface area contributed by atoms with Gasteiger partial charge in [0, 0.05) is 20.2 Å². The Kier molecular flexibility index (Phi) is 6.34. The van der Waals surface area contributed by atoms with Gasteiger partial charge in [-0.15, -0.1) is 0 Å². The first-order valence-corrected chi connectivity index (χ1v) is 6.13. The summed E-state index contributed by atoms with van der Waals surface area (Å²) in [5.74, 6) is 0.743. The second-order valence-corrected chi connectivity index (χ2v) is 4.47. The fourth-order valence-corrected chi connectivity index (χ4v) is 1.60. The zero-order chi connectivity index (χ0) is 12.7. The van der Waals surface area contributed by atoms with E-state index in [9.17, 15) is 0 Å². The summed E-state index contributed by atoms with van der Waals surface area (Å²) in [6.45, 7) is 6.33. The van der Waals surface area contributed by atoms with Gasteiger partial charge in [0.25, 0.3) is 0 Å². The molecule has 0 heterocycles. The summed E-state index contributed by atoms with van der Waals surface area (Å²) in [4.78, 5) is 0. The number of rotatable bonds is 7. The zero-order valence-electron chi connectivity index (χ0n) is 10.6. The van der Waals surface area contributed by atoms with Gasteiger partial charge in [-0.25, -0.2) is 0 Å². The summed E-state index contributed by atoms with van der Waals surface area (Å²) in [6, 6.07) is 5.78. The maximum Gasteiger partial charge on any atom is 0.138 e. The smallest absolute Gasteiger partial charge is 0.138 e. The van der Waals surface area contributed by atoms with E-state index in [1.54, 1.807) is 7.11 Å². The Bertz CT molecular complexity index is 344. The van der Waals surface area contributed by atoms with Crippen molar-refractivity contribution < 1.29 is 9.47 Å². The molecule has 4 heteroatoms. The fraction of sp³-hybridized carbons (Fsp3) is 0.538. The Labute approximate surface area is 108 Å². The van der Waals surface area contributed by atoms with E-state index >= 15 is 0 Å². The van der Waals surface area contributed by atoms with E-state index < -0.39 is 0 Å². The molecule has 17 heavy (non-hydrogen) atoms. The summed E-state index contributed by atoms with van der Waals surface area (Å²) in [6.07, 6.45) is 0.0751. The Morgan fingerprint density at radius 1 is 1.41 bits per heavy atom. The third kappa shape index (κ3) is 5.39. The highest BCUT2D eigenvalue weighted by Gasteiger charge is 2.07. The summed E-state index contributed by atoms with van der Waals surface area (Å²) in [5, 5.41) is 3.90. The molecule has 1 atom stereocenters. The molecule has 0 saturated carbocycles. The van der Waals surface area contributed by atoms with Gasteiger partial charge in [0.2, 0.25) is 0 Å². The van der Waals surface area contributed by atoms with Crippen LogP contribution in [0.25, 0.3) is 0 Å². The first-order valence-electron chi connectivity index (χ1n) is 5.76. The average molecular weight is 258 g/mol. The lowest BCUT2D eigenvalue weighted by Gasteiger charge is -2.16. The van der Waals surface area contributed by atoms with Gasteiger partial charge in [-0.1, -0.05) is 17.7 Å². The van der Waals surface area contributed by atoms with Crippen LogP contribution in [0.15, 0.2) is 18.2 Å². The Morgan fingerprint density at radius 3 is 2.88 bits per heavy atom. The van der Waals surface area contributed by atoms with Crippen molar-refractivity contribution in [3.63, 3.8) is 0 Å². The molecule has 0 spiro atoms. The third-order valence-corrected chi connectivity index (χ3v) is 2.64. The minimum atomic E-state index is 0.0751. The van der Waals surface area contributed by atoms with Crippen LogP contribution < -0.4 is 10.1 Å². The molecule has 3 nitrogen and oxygen atoms in total. The number of ether oxygens (including phenoxy) is 2. The van der Waals surface area contributed by atoms with Crippen LogP contribution in [0, 0.1) is 6.92 Å². The Morgan fingerprint density at radius 2 is 2.18 bits per heavy atom. The number of hydrogen-bond donors (Lipinski definition) is 1. The Balaban J connectivity index is 2.39. The van der Waals surface area contributed by atoms with Crippen LogP contribution in [0.4, 0.5) is 0 Å². The second kappa shape index (κ2) is 7.54. The van der Waals surface area contributed by atoms with Crippen molar-refractivity contribution in [3.8, 4) is 5.75 Å². The molecule has 1 N–H and O–H groups in total. The predicted octanol–water partition coefficient (Wildman–Crippen LogP) is 2.65. The van der Waals surface area contributed by atoms with Gasteiger partial charge in [0.1, 0.15) is 11.9 Å². The maximum absolute atomic E-state index is 6.06. The first kappa shape index (κ1) is 14.3. The third-order valence-electron chi connectivity index (χ3n) is 2.33. The number of nitrogens with one attached hydrogen (secondary N) is 1. The van der Waals surface area contributed by atoms with Crippen molar-refractivity contribution in [2.75, 3.05) is 26.8 Å². The van der Waals surface area contributed by atoms with Crippen LogP contribution in [0.3, 0.4) is 0 Å². The molecular weight excluding hydrogens is 238 g/mol. The molecule has 0 fully saturated rings. The minimum Gasteiger partial charge on any atom is -0.488 e. The van der Waals surface area contributed by atoms with Crippen molar-refractivity contribution in [2.24, 2.45) is 0 Å². The van der Waals surface area contributed by atoms with Gasteiger partial charge in [-0.2, -0.15) is 0 Å². The van der Waals surface area contributed by atoms with E-state index in [1.807, 2.05) is 32.0 Å². The molecule has 0 aliphatic rings. The van der Waals surface area contributed by atoms with Crippen molar-refractivity contribution >= 4 is 11.6 Å². The zero-order valence-corrected chi connectivity index (χ0v) is 11.4. The molecule has 1 aromatic rings. The molecule has 1 rings (SSSR count). The summed E-state index contributed by atoms with van der Waals surface area (Å²) in [7, 11) is 1.69. The molecule has 0 bridgehead atoms. The van der Waals surface area contributed by atoms with Crippen molar-refractivity contribution in [1.29, 1.82) is 0 Å². The molecule has 1 unspecified atom stereocenters. The van der Waals surface area contributed by atoms with Crippen LogP contribution >= 0.6 is 11.6 Å². The van der Waals surface area contributed by atoms with Crippen molar-refractivity contribution in [3.05, 3.63) is 28.8 Å². The van der Waals surface area contributed by atoms with Crippen LogP contribution in [-0.4, -0.2) is 32.9 Å². The Hall–Kier alpha value is -0.770. The van der Waals surface area contributed by atoms with Gasteiger partial charge in [-0.3, -0.25) is 0 Å². The molecule has 0 aliphatic carbocycles. The monoisotopic (exact) mass is 257 g/mol. The topological polar surface area (TPSA) is 30.5 Å². The van der Waals surface area contributed by atoms with Gasteiger partial charge in [-0.05, 0) is 31.5 Å². The highest BCUT2D eigenvalue weighted by atomic mass is 35.5. The highest BCUT2D eigenvalue weighted by Crippen LogP contribution is 2.26. The first-order chi connectivity index (χ1) is 8.13. The average Bonchev–Trinajstić information content (AvgIpc) is 2.29. The van der Waals surface area contributed by atoms with E-state index in [-0.39, 0.29) is 6.10 Å². The fourth-order valence-electron chi connectivity index (χ4n) is 1.44. The quantitative estimate of drug-likeness (QED) is 0.762. The lowest BCUT2D eigenvalue weighted by molar-refractivity contribution is 0.184. The summed E-state index contributed by atoms with van der Waals surface area (Å²) >= 11 is 6.06. The summed E-state index contributed by atoms with van der Waals surface area (Å²) < 4.78 is 10.7. The highest BCUT2D eigenvalue weighted by molar-refractivity contribution is 6.32. The van der Waals surface area contributed by atoms with E-state index in [0.717, 1.165) is 24.4 Å². The van der Waals surface area contributed by atoms with E-state index in [1.165, 1.54) is 0 Å². The molecule has 0 amide bonds. The van der Waals surface area contributed by atoms with Gasteiger partial charge in [0.15, 0.2) is 0 Å². The van der Waals surface area contributed by atoms with E-state index in [2.05, 4.69) is 5.32 Å². The largest absolute Gasteiger partial charge is 0.488 e. The maximum atomic E-state index is 6.06. The number of halogens is 1. The van der Waals surface area contributed by atoms with E-state index in [0.29, 0.717) is 11.6 Å². The standard InChI is InChI=1S/C13H20ClNO2/c1-10-4-5-12(14)13(8-10)17-11(2)9-15-6-7-16-3/h4-5,8,11,15H,6-7,9H2,1-3H3. The summed E-state index contributed by atoms with van der Waals surface area (Å²) in [5.41, 5.74) is 1.14. The molecule has 0 aliphatic heterocycles. The van der Waals surface area contributed by atoms with E-state index in [4.69, 9.17) is 21.1 Å².